The van der Waals surface area contributed by atoms with Crippen molar-refractivity contribution in [1.82, 2.24) is 15.3 Å². The molecule has 1 aromatic heterocycles. The highest BCUT2D eigenvalue weighted by molar-refractivity contribution is 6.42. The molecule has 1 aliphatic heterocycles. The van der Waals surface area contributed by atoms with Gasteiger partial charge in [0.2, 0.25) is 0 Å². The van der Waals surface area contributed by atoms with Crippen molar-refractivity contribution in [3.8, 4) is 11.3 Å². The van der Waals surface area contributed by atoms with Crippen LogP contribution in [0.25, 0.3) is 11.3 Å². The van der Waals surface area contributed by atoms with E-state index in [-0.39, 0.29) is 0 Å². The van der Waals surface area contributed by atoms with Crippen LogP contribution in [0.4, 0.5) is 0 Å². The van der Waals surface area contributed by atoms with E-state index in [9.17, 15) is 4.79 Å². The molecule has 3 rings (SSSR count). The van der Waals surface area contributed by atoms with Gasteiger partial charge in [-0.1, -0.05) is 34.4 Å². The lowest BCUT2D eigenvalue weighted by molar-refractivity contribution is -0.117. The van der Waals surface area contributed by atoms with Gasteiger partial charge in [-0.05, 0) is 19.1 Å². The van der Waals surface area contributed by atoms with Gasteiger partial charge >= 0.3 is 0 Å². The third kappa shape index (κ3) is 2.63. The standard InChI is InChI=1S/C14H10Cl2N4O2/c1-7-12(8-2-3-9(15)10(16)4-8)17-6-18-13(7)14-19-11(5-21)22-20-14/h2-6,11H,1H3,(H,19,20). The number of oxime groups is 1. The Bertz CT molecular complexity index is 779. The van der Waals surface area contributed by atoms with Gasteiger partial charge in [-0.3, -0.25) is 4.79 Å². The summed E-state index contributed by atoms with van der Waals surface area (Å²) in [5, 5.41) is 7.56. The van der Waals surface area contributed by atoms with Crippen LogP contribution in [0.15, 0.2) is 29.7 Å². The van der Waals surface area contributed by atoms with Crippen molar-refractivity contribution in [3.05, 3.63) is 45.8 Å². The number of amidine groups is 1. The summed E-state index contributed by atoms with van der Waals surface area (Å²) in [6.45, 7) is 1.85. The Morgan fingerprint density at radius 3 is 2.68 bits per heavy atom. The van der Waals surface area contributed by atoms with E-state index in [2.05, 4.69) is 20.4 Å². The fourth-order valence-corrected chi connectivity index (χ4v) is 2.39. The maximum absolute atomic E-state index is 10.7. The number of halogens is 2. The third-order valence-electron chi connectivity index (χ3n) is 3.16. The summed E-state index contributed by atoms with van der Waals surface area (Å²) in [6.07, 6.45) is 1.24. The Balaban J connectivity index is 2.02. The summed E-state index contributed by atoms with van der Waals surface area (Å²) in [4.78, 5) is 24.1. The second kappa shape index (κ2) is 5.90. The molecule has 0 saturated carbocycles. The molecule has 0 fully saturated rings. The SMILES string of the molecule is Cc1c(C2=NOC(C=O)N2)ncnc1-c1ccc(Cl)c(Cl)c1. The van der Waals surface area contributed by atoms with Gasteiger partial charge in [0.15, 0.2) is 12.1 Å². The summed E-state index contributed by atoms with van der Waals surface area (Å²) in [5.41, 5.74) is 2.84. The molecule has 0 amide bonds. The number of aldehydes is 1. The minimum absolute atomic E-state index is 0.387. The first-order chi connectivity index (χ1) is 10.6. The van der Waals surface area contributed by atoms with Crippen molar-refractivity contribution in [2.24, 2.45) is 5.16 Å². The van der Waals surface area contributed by atoms with Crippen LogP contribution < -0.4 is 5.32 Å². The summed E-state index contributed by atoms with van der Waals surface area (Å²) in [7, 11) is 0. The van der Waals surface area contributed by atoms with Gasteiger partial charge in [0.25, 0.3) is 6.23 Å². The molecule has 0 spiro atoms. The maximum Gasteiger partial charge on any atom is 0.254 e. The van der Waals surface area contributed by atoms with E-state index >= 15 is 0 Å². The minimum atomic E-state index is -0.794. The number of nitrogens with one attached hydrogen (secondary N) is 1. The number of hydrogen-bond donors (Lipinski definition) is 1. The van der Waals surface area contributed by atoms with Gasteiger partial charge in [0.1, 0.15) is 12.0 Å². The summed E-state index contributed by atoms with van der Waals surface area (Å²) < 4.78 is 0. The van der Waals surface area contributed by atoms with Gasteiger partial charge in [0, 0.05) is 11.1 Å². The van der Waals surface area contributed by atoms with Gasteiger partial charge < -0.3 is 10.2 Å². The number of benzene rings is 1. The highest BCUT2D eigenvalue weighted by Crippen LogP contribution is 2.29. The Morgan fingerprint density at radius 2 is 2.00 bits per heavy atom. The molecule has 0 bridgehead atoms. The lowest BCUT2D eigenvalue weighted by atomic mass is 10.1. The number of aromatic nitrogens is 2. The molecular formula is C14H10Cl2N4O2. The van der Waals surface area contributed by atoms with E-state index < -0.39 is 6.23 Å². The van der Waals surface area contributed by atoms with Crippen molar-refractivity contribution >= 4 is 35.3 Å². The smallest absolute Gasteiger partial charge is 0.254 e. The second-order valence-electron chi connectivity index (χ2n) is 4.57. The average Bonchev–Trinajstić information content (AvgIpc) is 2.99. The molecule has 2 heterocycles. The number of hydrogen-bond acceptors (Lipinski definition) is 6. The first-order valence-electron chi connectivity index (χ1n) is 6.33. The van der Waals surface area contributed by atoms with Gasteiger partial charge in [-0.2, -0.15) is 0 Å². The zero-order valence-corrected chi connectivity index (χ0v) is 12.9. The lowest BCUT2D eigenvalue weighted by Gasteiger charge is -2.10. The minimum Gasteiger partial charge on any atom is -0.361 e. The Labute approximate surface area is 136 Å². The highest BCUT2D eigenvalue weighted by Gasteiger charge is 2.23. The van der Waals surface area contributed by atoms with Crippen molar-refractivity contribution in [3.63, 3.8) is 0 Å². The topological polar surface area (TPSA) is 76.5 Å². The second-order valence-corrected chi connectivity index (χ2v) is 5.39. The molecule has 8 heteroatoms. The lowest BCUT2D eigenvalue weighted by Crippen LogP contribution is -2.32. The predicted molar refractivity (Wildman–Crippen MR) is 82.8 cm³/mol. The zero-order chi connectivity index (χ0) is 15.7. The highest BCUT2D eigenvalue weighted by atomic mass is 35.5. The molecule has 1 aromatic carbocycles. The predicted octanol–water partition coefficient (Wildman–Crippen LogP) is 2.57. The summed E-state index contributed by atoms with van der Waals surface area (Å²) in [5.74, 6) is 0.387. The quantitative estimate of drug-likeness (QED) is 0.871. The molecular weight excluding hydrogens is 327 g/mol. The maximum atomic E-state index is 10.7. The largest absolute Gasteiger partial charge is 0.361 e. The van der Waals surface area contributed by atoms with Crippen LogP contribution in [0.5, 0.6) is 0 Å². The average molecular weight is 337 g/mol. The fraction of sp³-hybridized carbons (Fsp3) is 0.143. The van der Waals surface area contributed by atoms with Crippen LogP contribution in [-0.2, 0) is 9.63 Å². The molecule has 0 aliphatic carbocycles. The van der Waals surface area contributed by atoms with E-state index in [1.807, 2.05) is 13.0 Å². The monoisotopic (exact) mass is 336 g/mol. The molecule has 1 unspecified atom stereocenters. The van der Waals surface area contributed by atoms with Gasteiger partial charge in [-0.15, -0.1) is 0 Å². The van der Waals surface area contributed by atoms with E-state index in [0.717, 1.165) is 11.1 Å². The van der Waals surface area contributed by atoms with E-state index in [0.29, 0.717) is 33.6 Å². The fourth-order valence-electron chi connectivity index (χ4n) is 2.09. The molecule has 0 radical (unpaired) electrons. The molecule has 22 heavy (non-hydrogen) atoms. The number of nitrogens with zero attached hydrogens (tertiary/aromatic N) is 3. The van der Waals surface area contributed by atoms with Crippen LogP contribution >= 0.6 is 23.2 Å². The third-order valence-corrected chi connectivity index (χ3v) is 3.90. The van der Waals surface area contributed by atoms with Crippen molar-refractivity contribution in [2.45, 2.75) is 13.2 Å². The molecule has 112 valence electrons. The molecule has 6 nitrogen and oxygen atoms in total. The van der Waals surface area contributed by atoms with Crippen molar-refractivity contribution in [2.75, 3.05) is 0 Å². The molecule has 1 aliphatic rings. The Kier molecular flexibility index (Phi) is 3.96. The number of rotatable bonds is 3. The van der Waals surface area contributed by atoms with Crippen molar-refractivity contribution < 1.29 is 9.63 Å². The van der Waals surface area contributed by atoms with Crippen LogP contribution in [-0.4, -0.2) is 28.3 Å². The Hall–Kier alpha value is -2.18. The van der Waals surface area contributed by atoms with Crippen molar-refractivity contribution in [1.29, 1.82) is 0 Å². The van der Waals surface area contributed by atoms with Gasteiger partial charge in [-0.25, -0.2) is 9.97 Å². The summed E-state index contributed by atoms with van der Waals surface area (Å²) >= 11 is 12.0. The van der Waals surface area contributed by atoms with Crippen LogP contribution in [0.2, 0.25) is 10.0 Å². The van der Waals surface area contributed by atoms with Gasteiger partial charge in [0.05, 0.1) is 15.7 Å². The Morgan fingerprint density at radius 1 is 1.23 bits per heavy atom. The summed E-state index contributed by atoms with van der Waals surface area (Å²) in [6, 6.07) is 5.26. The van der Waals surface area contributed by atoms with E-state index in [1.54, 1.807) is 12.1 Å². The zero-order valence-electron chi connectivity index (χ0n) is 11.4. The van der Waals surface area contributed by atoms with Crippen LogP contribution in [0, 0.1) is 6.92 Å². The van der Waals surface area contributed by atoms with E-state index in [1.165, 1.54) is 6.33 Å². The van der Waals surface area contributed by atoms with E-state index in [4.69, 9.17) is 28.0 Å². The van der Waals surface area contributed by atoms with Crippen LogP contribution in [0.3, 0.4) is 0 Å². The molecule has 1 N–H and O–H groups in total. The normalized spacial score (nSPS) is 16.7. The van der Waals surface area contributed by atoms with Crippen LogP contribution in [0.1, 0.15) is 11.3 Å². The molecule has 2 aromatic rings. The molecule has 0 saturated heterocycles. The first-order valence-corrected chi connectivity index (χ1v) is 7.09. The number of carbonyl (C=O) groups excluding carboxylic acids is 1. The first kappa shape index (κ1) is 14.7. The number of carbonyl (C=O) groups is 1. The molecule has 1 atom stereocenters.